The molecule has 0 radical (unpaired) electrons. The second-order valence-corrected chi connectivity index (χ2v) is 13.3. The summed E-state index contributed by atoms with van der Waals surface area (Å²) >= 11 is 0. The minimum Gasteiger partial charge on any atom is -0.481 e. The van der Waals surface area contributed by atoms with Gasteiger partial charge in [-0.3, -0.25) is 14.4 Å². The number of hydrogen-bond acceptors (Lipinski definition) is 3. The standard InChI is InChI=1S/C31H39NO4/c1-17(2)21-16-31-13-10-22-29(4,11-7-12-30(22,5)28(35)36)23(31)15-20(21)24-25(31)27(34)32(26(24)33)19-9-6-8-18(3)14-19/h6,8-9,14,16-17,20,22-25H,7,10-13,15H2,1-5H3,(H,35,36)/t20-,22+,23+,24+,25+,29-,30+,31-/m0/s1. The summed E-state index contributed by atoms with van der Waals surface area (Å²) in [5.74, 6) is -0.679. The van der Waals surface area contributed by atoms with Crippen LogP contribution in [0.15, 0.2) is 35.9 Å². The first kappa shape index (κ1) is 23.9. The number of rotatable bonds is 3. The first-order valence-corrected chi connectivity index (χ1v) is 13.9. The van der Waals surface area contributed by atoms with Crippen molar-refractivity contribution in [2.75, 3.05) is 4.90 Å². The fourth-order valence-electron chi connectivity index (χ4n) is 9.98. The molecule has 1 heterocycles. The van der Waals surface area contributed by atoms with Crippen molar-refractivity contribution in [3.05, 3.63) is 41.5 Å². The van der Waals surface area contributed by atoms with Crippen LogP contribution in [0.25, 0.3) is 0 Å². The van der Waals surface area contributed by atoms with E-state index in [4.69, 9.17) is 0 Å². The summed E-state index contributed by atoms with van der Waals surface area (Å²) in [7, 11) is 0. The van der Waals surface area contributed by atoms with Gasteiger partial charge in [-0.1, -0.05) is 51.0 Å². The third-order valence-electron chi connectivity index (χ3n) is 11.4. The lowest BCUT2D eigenvalue weighted by molar-refractivity contribution is -0.194. The average Bonchev–Trinajstić information content (AvgIpc) is 3.10. The highest BCUT2D eigenvalue weighted by Gasteiger charge is 2.73. The lowest BCUT2D eigenvalue weighted by Crippen LogP contribution is -2.65. The highest BCUT2D eigenvalue weighted by atomic mass is 16.4. The Balaban J connectivity index is 1.50. The van der Waals surface area contributed by atoms with Crippen LogP contribution in [0.4, 0.5) is 5.69 Å². The number of allylic oxidation sites excluding steroid dienone is 2. The predicted octanol–water partition coefficient (Wildman–Crippen LogP) is 6.01. The summed E-state index contributed by atoms with van der Waals surface area (Å²) in [6.45, 7) is 10.7. The minimum atomic E-state index is -0.724. The number of carbonyl (C=O) groups excluding carboxylic acids is 2. The monoisotopic (exact) mass is 489 g/mol. The quantitative estimate of drug-likeness (QED) is 0.417. The number of hydrogen-bond donors (Lipinski definition) is 1. The molecule has 8 atom stereocenters. The second-order valence-electron chi connectivity index (χ2n) is 13.3. The molecule has 0 aromatic heterocycles. The molecule has 1 N–H and O–H groups in total. The SMILES string of the molecule is Cc1cccc(N2C(=O)[C@@H]3[C@H]4C[C@@H]5[C@@]6(C)CCC[C@@](C)(C(=O)O)[C@@H]6CC[C@@]5(C=C4C(C)C)[C@H]3C2=O)c1. The molecule has 192 valence electrons. The molecule has 5 nitrogen and oxygen atoms in total. The van der Waals surface area contributed by atoms with Crippen LogP contribution >= 0.6 is 0 Å². The first-order chi connectivity index (χ1) is 17.0. The zero-order valence-corrected chi connectivity index (χ0v) is 22.2. The highest BCUT2D eigenvalue weighted by Crippen LogP contribution is 2.74. The number of imide groups is 1. The van der Waals surface area contributed by atoms with Crippen LogP contribution in [-0.4, -0.2) is 22.9 Å². The van der Waals surface area contributed by atoms with Crippen molar-refractivity contribution in [1.29, 1.82) is 0 Å². The van der Waals surface area contributed by atoms with Gasteiger partial charge in [-0.05, 0) is 92.7 Å². The largest absolute Gasteiger partial charge is 0.481 e. The second kappa shape index (κ2) is 7.55. The third kappa shape index (κ3) is 2.80. The van der Waals surface area contributed by atoms with Crippen LogP contribution in [0, 0.1) is 58.7 Å². The molecule has 1 aliphatic heterocycles. The van der Waals surface area contributed by atoms with E-state index in [1.807, 2.05) is 38.1 Å². The van der Waals surface area contributed by atoms with Gasteiger partial charge in [-0.15, -0.1) is 0 Å². The fourth-order valence-corrected chi connectivity index (χ4v) is 9.98. The van der Waals surface area contributed by atoms with Crippen LogP contribution in [0.1, 0.15) is 71.8 Å². The maximum Gasteiger partial charge on any atom is 0.309 e. The number of anilines is 1. The lowest BCUT2D eigenvalue weighted by Gasteiger charge is -2.68. The summed E-state index contributed by atoms with van der Waals surface area (Å²) < 4.78 is 0. The van der Waals surface area contributed by atoms with E-state index in [0.717, 1.165) is 44.1 Å². The number of aryl methyl sites for hydroxylation is 1. The molecule has 6 aliphatic rings. The molecule has 1 aromatic carbocycles. The van der Waals surface area contributed by atoms with E-state index >= 15 is 0 Å². The lowest BCUT2D eigenvalue weighted by atomic mass is 9.34. The Bertz CT molecular complexity index is 1200. The Kier molecular flexibility index (Phi) is 5.02. The zero-order valence-electron chi connectivity index (χ0n) is 22.2. The van der Waals surface area contributed by atoms with Crippen molar-refractivity contribution >= 4 is 23.5 Å². The Hall–Kier alpha value is -2.43. The molecule has 5 heteroatoms. The van der Waals surface area contributed by atoms with E-state index < -0.39 is 11.4 Å². The molecule has 1 spiro atoms. The number of carbonyl (C=O) groups is 3. The Labute approximate surface area is 214 Å². The van der Waals surface area contributed by atoms with Crippen molar-refractivity contribution < 1.29 is 19.5 Å². The number of benzene rings is 1. The van der Waals surface area contributed by atoms with Gasteiger partial charge in [0, 0.05) is 5.41 Å². The Morgan fingerprint density at radius 3 is 2.50 bits per heavy atom. The molecule has 2 bridgehead atoms. The van der Waals surface area contributed by atoms with Crippen molar-refractivity contribution in [1.82, 2.24) is 0 Å². The predicted molar refractivity (Wildman–Crippen MR) is 138 cm³/mol. The van der Waals surface area contributed by atoms with E-state index in [-0.39, 0.29) is 52.2 Å². The van der Waals surface area contributed by atoms with Gasteiger partial charge >= 0.3 is 5.97 Å². The average molecular weight is 490 g/mol. The number of carboxylic acid groups (broad SMARTS) is 1. The van der Waals surface area contributed by atoms with Gasteiger partial charge in [0.05, 0.1) is 22.9 Å². The summed E-state index contributed by atoms with van der Waals surface area (Å²) in [5.41, 5.74) is 1.83. The molecular formula is C31H39NO4. The van der Waals surface area contributed by atoms with E-state index in [1.54, 1.807) is 0 Å². The number of carboxylic acids is 1. The Morgan fingerprint density at radius 1 is 1.08 bits per heavy atom. The van der Waals surface area contributed by atoms with Crippen LogP contribution in [0.5, 0.6) is 0 Å². The molecule has 7 rings (SSSR count). The Morgan fingerprint density at radius 2 is 1.83 bits per heavy atom. The first-order valence-electron chi connectivity index (χ1n) is 13.9. The van der Waals surface area contributed by atoms with Crippen molar-refractivity contribution in [2.24, 2.45) is 51.8 Å². The van der Waals surface area contributed by atoms with Gasteiger partial charge in [0.1, 0.15) is 0 Å². The fraction of sp³-hybridized carbons (Fsp3) is 0.645. The maximum atomic E-state index is 14.3. The molecule has 4 fully saturated rings. The van der Waals surface area contributed by atoms with Gasteiger partial charge in [-0.25, -0.2) is 4.90 Å². The van der Waals surface area contributed by atoms with E-state index in [0.29, 0.717) is 11.6 Å². The molecule has 3 saturated carbocycles. The molecule has 2 amide bonds. The normalized spacial score (nSPS) is 43.2. The molecule has 1 aromatic rings. The third-order valence-corrected chi connectivity index (χ3v) is 11.4. The van der Waals surface area contributed by atoms with Crippen LogP contribution in [-0.2, 0) is 14.4 Å². The summed E-state index contributed by atoms with van der Waals surface area (Å²) in [6.07, 6.45) is 7.58. The van der Waals surface area contributed by atoms with Gasteiger partial charge in [0.15, 0.2) is 0 Å². The minimum absolute atomic E-state index is 0.0315. The van der Waals surface area contributed by atoms with E-state index in [1.165, 1.54) is 10.5 Å². The van der Waals surface area contributed by atoms with E-state index in [2.05, 4.69) is 26.8 Å². The van der Waals surface area contributed by atoms with E-state index in [9.17, 15) is 19.5 Å². The summed E-state index contributed by atoms with van der Waals surface area (Å²) in [5, 5.41) is 10.3. The van der Waals surface area contributed by atoms with Crippen molar-refractivity contribution in [3.63, 3.8) is 0 Å². The van der Waals surface area contributed by atoms with Crippen LogP contribution in [0.2, 0.25) is 0 Å². The smallest absolute Gasteiger partial charge is 0.309 e. The molecule has 36 heavy (non-hydrogen) atoms. The number of amides is 2. The highest BCUT2D eigenvalue weighted by molar-refractivity contribution is 6.23. The van der Waals surface area contributed by atoms with Crippen molar-refractivity contribution in [3.8, 4) is 0 Å². The van der Waals surface area contributed by atoms with Crippen LogP contribution < -0.4 is 4.90 Å². The zero-order chi connectivity index (χ0) is 25.8. The summed E-state index contributed by atoms with van der Waals surface area (Å²) in [6, 6.07) is 7.73. The molecule has 1 saturated heterocycles. The molecule has 5 aliphatic carbocycles. The number of fused-ring (bicyclic) bond motifs is 1. The van der Waals surface area contributed by atoms with Gasteiger partial charge in [0.2, 0.25) is 11.8 Å². The van der Waals surface area contributed by atoms with Gasteiger partial charge in [-0.2, -0.15) is 0 Å². The summed E-state index contributed by atoms with van der Waals surface area (Å²) in [4.78, 5) is 42.3. The van der Waals surface area contributed by atoms with Gasteiger partial charge in [0.25, 0.3) is 0 Å². The topological polar surface area (TPSA) is 74.7 Å². The molecular weight excluding hydrogens is 450 g/mol. The van der Waals surface area contributed by atoms with Gasteiger partial charge < -0.3 is 5.11 Å². The van der Waals surface area contributed by atoms with Crippen molar-refractivity contribution in [2.45, 2.75) is 73.1 Å². The van der Waals surface area contributed by atoms with Crippen LogP contribution in [0.3, 0.4) is 0 Å². The molecule has 0 unspecified atom stereocenters. The number of nitrogens with zero attached hydrogens (tertiary/aromatic N) is 1. The number of aliphatic carboxylic acids is 1. The maximum absolute atomic E-state index is 14.3.